The summed E-state index contributed by atoms with van der Waals surface area (Å²) in [7, 11) is 2.88. The largest absolute Gasteiger partial charge is 0.476 e. The van der Waals surface area contributed by atoms with Crippen molar-refractivity contribution >= 4 is 14.3 Å². The zero-order chi connectivity index (χ0) is 23.1. The van der Waals surface area contributed by atoms with E-state index in [1.807, 2.05) is 0 Å². The fourth-order valence-electron chi connectivity index (χ4n) is 4.59. The molecule has 35 heavy (non-hydrogen) atoms. The molecule has 5 nitrogen and oxygen atoms in total. The van der Waals surface area contributed by atoms with Crippen LogP contribution in [0.15, 0.2) is 65.7 Å². The zero-order valence-electron chi connectivity index (χ0n) is 22.7. The van der Waals surface area contributed by atoms with Crippen molar-refractivity contribution < 1.29 is 29.4 Å². The Hall–Kier alpha value is -1.13. The Morgan fingerprint density at radius 1 is 0.829 bits per heavy atom. The molecule has 0 spiro atoms. The number of ether oxygens (including phenoxy) is 1. The Balaban J connectivity index is 0.00000204. The van der Waals surface area contributed by atoms with Crippen molar-refractivity contribution in [2.45, 2.75) is 58.3 Å². The first kappa shape index (κ1) is 31.9. The second kappa shape index (κ2) is 12.4. The summed E-state index contributed by atoms with van der Waals surface area (Å²) in [5.74, 6) is 0.719. The van der Waals surface area contributed by atoms with E-state index < -0.39 is 14.1 Å². The predicted molar refractivity (Wildman–Crippen MR) is 147 cm³/mol. The van der Waals surface area contributed by atoms with Gasteiger partial charge in [0.05, 0.1) is 18.1 Å². The molecule has 2 aromatic carbocycles. The van der Waals surface area contributed by atoms with E-state index in [4.69, 9.17) is 14.3 Å². The van der Waals surface area contributed by atoms with Crippen LogP contribution < -0.4 is 0 Å². The molecule has 1 radical (unpaired) electrons. The van der Waals surface area contributed by atoms with E-state index in [1.165, 1.54) is 11.1 Å². The van der Waals surface area contributed by atoms with Crippen molar-refractivity contribution in [1.82, 2.24) is 9.34 Å². The molecule has 0 aromatic heterocycles. The van der Waals surface area contributed by atoms with Crippen molar-refractivity contribution in [1.29, 1.82) is 0 Å². The molecule has 0 amide bonds. The van der Waals surface area contributed by atoms with Crippen LogP contribution in [0.3, 0.4) is 0 Å². The first-order valence-corrected chi connectivity index (χ1v) is 12.7. The van der Waals surface area contributed by atoms with Gasteiger partial charge in [-0.25, -0.2) is 4.99 Å². The Labute approximate surface area is 228 Å². The molecule has 0 aliphatic carbocycles. The Morgan fingerprint density at radius 2 is 1.26 bits per heavy atom. The molecular weight excluding hydrogens is 634 g/mol. The zero-order valence-corrected chi connectivity index (χ0v) is 26.1. The molecule has 2 aromatic rings. The molecular formula is C28H43IrN3O2P-. The van der Waals surface area contributed by atoms with E-state index in [0.717, 1.165) is 5.90 Å². The summed E-state index contributed by atoms with van der Waals surface area (Å²) >= 11 is 0. The maximum absolute atomic E-state index is 6.87. The van der Waals surface area contributed by atoms with Crippen molar-refractivity contribution in [3.8, 4) is 0 Å². The number of hydrogen-bond acceptors (Lipinski definition) is 5. The van der Waals surface area contributed by atoms with Gasteiger partial charge < -0.3 is 19.6 Å². The minimum Gasteiger partial charge on any atom is -0.476 e. The summed E-state index contributed by atoms with van der Waals surface area (Å²) in [5.41, 5.74) is 2.09. The molecule has 2 aliphatic heterocycles. The summed E-state index contributed by atoms with van der Waals surface area (Å²) in [5, 5.41) is 0. The average Bonchev–Trinajstić information content (AvgIpc) is 3.35. The third-order valence-corrected chi connectivity index (χ3v) is 8.99. The van der Waals surface area contributed by atoms with Gasteiger partial charge in [-0.2, -0.15) is 4.52 Å². The summed E-state index contributed by atoms with van der Waals surface area (Å²) in [6.45, 7) is 11.4. The Bertz CT molecular complexity index is 898. The van der Waals surface area contributed by atoms with E-state index >= 15 is 0 Å². The van der Waals surface area contributed by atoms with Gasteiger partial charge in [0.2, 0.25) is 5.90 Å². The maximum Gasteiger partial charge on any atom is 0.279 e. The molecule has 1 saturated heterocycles. The van der Waals surface area contributed by atoms with Crippen molar-refractivity contribution in [3.63, 3.8) is 0 Å². The number of rotatable bonds is 5. The van der Waals surface area contributed by atoms with Gasteiger partial charge in [0.25, 0.3) is 8.45 Å². The van der Waals surface area contributed by atoms with Crippen LogP contribution in [0.1, 0.15) is 57.8 Å². The van der Waals surface area contributed by atoms with Crippen LogP contribution in [0.2, 0.25) is 0 Å². The van der Waals surface area contributed by atoms with Crippen LogP contribution in [-0.4, -0.2) is 47.6 Å². The summed E-state index contributed by atoms with van der Waals surface area (Å²) in [6, 6.07) is 22.1. The molecule has 7 heteroatoms. The van der Waals surface area contributed by atoms with Crippen LogP contribution in [0.5, 0.6) is 0 Å². The summed E-state index contributed by atoms with van der Waals surface area (Å²) in [4.78, 5) is 4.93. The third-order valence-electron chi connectivity index (χ3n) is 6.53. The number of benzene rings is 2. The predicted octanol–water partition coefficient (Wildman–Crippen LogP) is 6.84. The van der Waals surface area contributed by atoms with Crippen LogP contribution in [0.4, 0.5) is 0 Å². The molecule has 4 rings (SSSR count). The van der Waals surface area contributed by atoms with E-state index in [1.54, 1.807) is 0 Å². The van der Waals surface area contributed by atoms with E-state index in [9.17, 15) is 0 Å². The molecule has 1 fully saturated rings. The van der Waals surface area contributed by atoms with Crippen LogP contribution in [-0.2, 0) is 29.4 Å². The van der Waals surface area contributed by atoms with Gasteiger partial charge in [0.1, 0.15) is 6.61 Å². The van der Waals surface area contributed by atoms with Crippen LogP contribution in [0, 0.1) is 20.3 Å². The van der Waals surface area contributed by atoms with Crippen molar-refractivity contribution in [2.24, 2.45) is 10.4 Å². The Morgan fingerprint density at radius 3 is 1.63 bits per heavy atom. The minimum absolute atomic E-state index is 0. The first-order chi connectivity index (χ1) is 15.1. The maximum atomic E-state index is 6.87. The summed E-state index contributed by atoms with van der Waals surface area (Å²) in [6.07, 6.45) is 0. The molecule has 0 bridgehead atoms. The molecule has 2 heterocycles. The number of nitrogens with zero attached hydrogens (tertiary/aromatic N) is 3. The number of aliphatic imine (C=N–C) groups is 1. The average molecular weight is 677 g/mol. The quantitative estimate of drug-likeness (QED) is 0.257. The van der Waals surface area contributed by atoms with Gasteiger partial charge >= 0.3 is 0 Å². The standard InChI is InChI=1S/C26H36N3O2P.2CH3.Ir/c1-25(2,3)21-18-30-24(27-21)26(4,5)31-32-28(6)22(19-14-10-8-11-15-19)23(29(32)7)20-16-12-9-13-17-20;;;/h8-17,21-23H,18H2,1-7H3;2*1H3;/q;2*-1;/p+1/t21-,22-,23-;;;/m1.../s1. The minimum atomic E-state index is -1.50. The van der Waals surface area contributed by atoms with Gasteiger partial charge in [-0.05, 0) is 30.4 Å². The second-order valence-electron chi connectivity index (χ2n) is 10.5. The monoisotopic (exact) mass is 677 g/mol. The molecule has 3 atom stereocenters. The second-order valence-corrected chi connectivity index (χ2v) is 12.6. The van der Waals surface area contributed by atoms with E-state index in [2.05, 4.69) is 119 Å². The normalized spacial score (nSPS) is 23.5. The SMILES string of the molecule is CN1[C@H](c2ccccc2)[C@@H](c2ccccc2)N(C)[PH+]1OC(C)(C)C1=N[C@@H](C(C)(C)C)CO1.[CH3-].[CH3-].[Ir]. The fourth-order valence-corrected chi connectivity index (χ4v) is 6.97. The molecule has 0 saturated carbocycles. The third kappa shape index (κ3) is 6.60. The van der Waals surface area contributed by atoms with Crippen LogP contribution in [0.25, 0.3) is 0 Å². The molecule has 0 unspecified atom stereocenters. The molecule has 2 aliphatic rings. The van der Waals surface area contributed by atoms with E-state index in [0.29, 0.717) is 6.61 Å². The van der Waals surface area contributed by atoms with Gasteiger partial charge in [-0.15, -0.1) is 9.34 Å². The fraction of sp³-hybridized carbons (Fsp3) is 0.464. The van der Waals surface area contributed by atoms with E-state index in [-0.39, 0.29) is 58.5 Å². The molecule has 0 N–H and O–H groups in total. The van der Waals surface area contributed by atoms with Crippen molar-refractivity contribution in [3.05, 3.63) is 86.6 Å². The van der Waals surface area contributed by atoms with Crippen LogP contribution >= 0.6 is 8.45 Å². The van der Waals surface area contributed by atoms with Crippen molar-refractivity contribution in [2.75, 3.05) is 20.7 Å². The smallest absolute Gasteiger partial charge is 0.279 e. The first-order valence-electron chi connectivity index (χ1n) is 11.4. The van der Waals surface area contributed by atoms with Gasteiger partial charge in [0, 0.05) is 34.2 Å². The number of likely N-dealkylation sites (N-methyl/N-ethyl adjacent to an activating group) is 2. The molecule has 197 valence electrons. The van der Waals surface area contributed by atoms with Gasteiger partial charge in [0.15, 0.2) is 5.60 Å². The number of hydrogen-bond donors (Lipinski definition) is 0. The summed E-state index contributed by atoms with van der Waals surface area (Å²) < 4.78 is 17.8. The Kier molecular flexibility index (Phi) is 11.3. The topological polar surface area (TPSA) is 37.3 Å². The van der Waals surface area contributed by atoms with Gasteiger partial charge in [-0.3, -0.25) is 0 Å². The van der Waals surface area contributed by atoms with Gasteiger partial charge in [-0.1, -0.05) is 81.4 Å².